The van der Waals surface area contributed by atoms with Gasteiger partial charge in [-0.3, -0.25) is 14.7 Å². The lowest BCUT2D eigenvalue weighted by Gasteiger charge is -2.27. The third-order valence-electron chi connectivity index (χ3n) is 4.58. The van der Waals surface area contributed by atoms with E-state index in [2.05, 4.69) is 40.2 Å². The van der Waals surface area contributed by atoms with Crippen molar-refractivity contribution in [3.8, 4) is 0 Å². The highest BCUT2D eigenvalue weighted by Crippen LogP contribution is 2.39. The van der Waals surface area contributed by atoms with Crippen LogP contribution in [0.1, 0.15) is 37.1 Å². The molecule has 3 rings (SSSR count). The highest BCUT2D eigenvalue weighted by molar-refractivity contribution is 5.69. The second kappa shape index (κ2) is 8.06. The molecule has 0 radical (unpaired) electrons. The SMILES string of the molecule is CCOC(=O)CC1CCN(Cc2ccccc2)C1c1ccccn1. The minimum Gasteiger partial charge on any atom is -0.466 e. The number of carbonyl (C=O) groups is 1. The minimum absolute atomic E-state index is 0.106. The maximum atomic E-state index is 12.0. The summed E-state index contributed by atoms with van der Waals surface area (Å²) >= 11 is 0. The molecule has 2 atom stereocenters. The number of esters is 1. The summed E-state index contributed by atoms with van der Waals surface area (Å²) in [5, 5.41) is 0. The molecule has 1 saturated heterocycles. The molecule has 0 amide bonds. The average Bonchev–Trinajstić information content (AvgIpc) is 2.99. The predicted molar refractivity (Wildman–Crippen MR) is 93.2 cm³/mol. The van der Waals surface area contributed by atoms with Gasteiger partial charge < -0.3 is 4.74 Å². The minimum atomic E-state index is -0.106. The Kier molecular flexibility index (Phi) is 5.59. The molecule has 4 heteroatoms. The molecule has 126 valence electrons. The van der Waals surface area contributed by atoms with E-state index in [0.29, 0.717) is 13.0 Å². The molecule has 4 nitrogen and oxygen atoms in total. The fraction of sp³-hybridized carbons (Fsp3) is 0.400. The van der Waals surface area contributed by atoms with E-state index in [9.17, 15) is 4.79 Å². The van der Waals surface area contributed by atoms with Gasteiger partial charge in [-0.15, -0.1) is 0 Å². The monoisotopic (exact) mass is 324 g/mol. The first-order chi connectivity index (χ1) is 11.8. The van der Waals surface area contributed by atoms with Crippen LogP contribution in [-0.2, 0) is 16.1 Å². The number of carbonyl (C=O) groups excluding carboxylic acids is 1. The first-order valence-corrected chi connectivity index (χ1v) is 8.62. The molecule has 2 heterocycles. The number of hydrogen-bond acceptors (Lipinski definition) is 4. The maximum absolute atomic E-state index is 12.0. The molecule has 0 bridgehead atoms. The zero-order valence-corrected chi connectivity index (χ0v) is 14.1. The van der Waals surface area contributed by atoms with Crippen LogP contribution in [0.25, 0.3) is 0 Å². The van der Waals surface area contributed by atoms with Crippen molar-refractivity contribution < 1.29 is 9.53 Å². The average molecular weight is 324 g/mol. The molecule has 1 aromatic heterocycles. The molecular formula is C20H24N2O2. The third kappa shape index (κ3) is 4.01. The van der Waals surface area contributed by atoms with Crippen LogP contribution < -0.4 is 0 Å². The number of aromatic nitrogens is 1. The van der Waals surface area contributed by atoms with Gasteiger partial charge in [0, 0.05) is 12.7 Å². The molecule has 0 saturated carbocycles. The first-order valence-electron chi connectivity index (χ1n) is 8.62. The summed E-state index contributed by atoms with van der Waals surface area (Å²) in [6, 6.07) is 16.6. The van der Waals surface area contributed by atoms with Crippen LogP contribution in [0.3, 0.4) is 0 Å². The van der Waals surface area contributed by atoms with Crippen LogP contribution in [0.15, 0.2) is 54.7 Å². The highest BCUT2D eigenvalue weighted by atomic mass is 16.5. The van der Waals surface area contributed by atoms with E-state index in [0.717, 1.165) is 25.2 Å². The van der Waals surface area contributed by atoms with Crippen LogP contribution in [-0.4, -0.2) is 29.0 Å². The standard InChI is InChI=1S/C20H24N2O2/c1-2-24-19(23)14-17-11-13-22(15-16-8-4-3-5-9-16)20(17)18-10-6-7-12-21-18/h3-10,12,17,20H,2,11,13-15H2,1H3. The van der Waals surface area contributed by atoms with Gasteiger partial charge in [0.25, 0.3) is 0 Å². The number of nitrogens with zero attached hydrogens (tertiary/aromatic N) is 2. The van der Waals surface area contributed by atoms with Gasteiger partial charge in [-0.25, -0.2) is 0 Å². The van der Waals surface area contributed by atoms with Gasteiger partial charge in [0.2, 0.25) is 0 Å². The molecule has 2 unspecified atom stereocenters. The highest BCUT2D eigenvalue weighted by Gasteiger charge is 2.37. The Hall–Kier alpha value is -2.20. The van der Waals surface area contributed by atoms with E-state index < -0.39 is 0 Å². The van der Waals surface area contributed by atoms with E-state index in [1.807, 2.05) is 31.3 Å². The fourth-order valence-electron chi connectivity index (χ4n) is 3.55. The molecule has 24 heavy (non-hydrogen) atoms. The van der Waals surface area contributed by atoms with Gasteiger partial charge in [-0.2, -0.15) is 0 Å². The van der Waals surface area contributed by atoms with Gasteiger partial charge in [0.1, 0.15) is 0 Å². The van der Waals surface area contributed by atoms with E-state index in [1.165, 1.54) is 5.56 Å². The number of ether oxygens (including phenoxy) is 1. The lowest BCUT2D eigenvalue weighted by Crippen LogP contribution is -2.27. The van der Waals surface area contributed by atoms with Gasteiger partial charge in [0.15, 0.2) is 0 Å². The third-order valence-corrected chi connectivity index (χ3v) is 4.58. The van der Waals surface area contributed by atoms with Crippen molar-refractivity contribution >= 4 is 5.97 Å². The molecule has 0 N–H and O–H groups in total. The van der Waals surface area contributed by atoms with Crippen molar-refractivity contribution in [2.24, 2.45) is 5.92 Å². The summed E-state index contributed by atoms with van der Waals surface area (Å²) in [6.45, 7) is 4.14. The molecule has 2 aromatic rings. The Labute approximate surface area is 143 Å². The van der Waals surface area contributed by atoms with Crippen LogP contribution in [0.4, 0.5) is 0 Å². The summed E-state index contributed by atoms with van der Waals surface area (Å²) in [4.78, 5) is 19.0. The van der Waals surface area contributed by atoms with E-state index in [4.69, 9.17) is 4.74 Å². The molecule has 1 fully saturated rings. The van der Waals surface area contributed by atoms with Gasteiger partial charge in [-0.1, -0.05) is 36.4 Å². The lowest BCUT2D eigenvalue weighted by molar-refractivity contribution is -0.144. The number of benzene rings is 1. The van der Waals surface area contributed by atoms with Crippen molar-refractivity contribution in [1.29, 1.82) is 0 Å². The zero-order valence-electron chi connectivity index (χ0n) is 14.1. The Morgan fingerprint density at radius 3 is 2.71 bits per heavy atom. The number of pyridine rings is 1. The number of rotatable bonds is 6. The summed E-state index contributed by atoms with van der Waals surface area (Å²) < 4.78 is 5.16. The largest absolute Gasteiger partial charge is 0.466 e. The summed E-state index contributed by atoms with van der Waals surface area (Å²) in [5.74, 6) is 0.146. The van der Waals surface area contributed by atoms with E-state index in [1.54, 1.807) is 0 Å². The van der Waals surface area contributed by atoms with Crippen molar-refractivity contribution in [2.75, 3.05) is 13.2 Å². The van der Waals surface area contributed by atoms with Crippen LogP contribution in [0, 0.1) is 5.92 Å². The quantitative estimate of drug-likeness (QED) is 0.762. The Morgan fingerprint density at radius 1 is 1.21 bits per heavy atom. The van der Waals surface area contributed by atoms with Crippen molar-refractivity contribution in [2.45, 2.75) is 32.4 Å². The normalized spacial score (nSPS) is 20.9. The predicted octanol–water partition coefficient (Wildman–Crippen LogP) is 3.60. The lowest BCUT2D eigenvalue weighted by atomic mass is 9.93. The Bertz CT molecular complexity index is 645. The molecule has 0 spiro atoms. The van der Waals surface area contributed by atoms with Crippen LogP contribution >= 0.6 is 0 Å². The zero-order chi connectivity index (χ0) is 16.8. The number of likely N-dealkylation sites (tertiary alicyclic amines) is 1. The van der Waals surface area contributed by atoms with E-state index >= 15 is 0 Å². The Morgan fingerprint density at radius 2 is 2.00 bits per heavy atom. The first kappa shape index (κ1) is 16.7. The summed E-state index contributed by atoms with van der Waals surface area (Å²) in [5.41, 5.74) is 2.33. The van der Waals surface area contributed by atoms with Gasteiger partial charge in [0.05, 0.1) is 24.8 Å². The van der Waals surface area contributed by atoms with Crippen LogP contribution in [0.5, 0.6) is 0 Å². The van der Waals surface area contributed by atoms with Gasteiger partial charge in [-0.05, 0) is 43.5 Å². The van der Waals surface area contributed by atoms with Crippen molar-refractivity contribution in [3.63, 3.8) is 0 Å². The number of hydrogen-bond donors (Lipinski definition) is 0. The summed E-state index contributed by atoms with van der Waals surface area (Å²) in [7, 11) is 0. The molecule has 1 aromatic carbocycles. The second-order valence-corrected chi connectivity index (χ2v) is 6.21. The maximum Gasteiger partial charge on any atom is 0.306 e. The molecular weight excluding hydrogens is 300 g/mol. The van der Waals surface area contributed by atoms with Gasteiger partial charge >= 0.3 is 5.97 Å². The summed E-state index contributed by atoms with van der Waals surface area (Å²) in [6.07, 6.45) is 3.28. The Balaban J connectivity index is 1.79. The topological polar surface area (TPSA) is 42.4 Å². The van der Waals surface area contributed by atoms with E-state index in [-0.39, 0.29) is 17.9 Å². The van der Waals surface area contributed by atoms with Crippen molar-refractivity contribution in [3.05, 3.63) is 66.0 Å². The molecule has 0 aliphatic carbocycles. The smallest absolute Gasteiger partial charge is 0.306 e. The molecule has 1 aliphatic rings. The molecule has 1 aliphatic heterocycles. The fourth-order valence-corrected chi connectivity index (χ4v) is 3.55. The van der Waals surface area contributed by atoms with Crippen LogP contribution in [0.2, 0.25) is 0 Å². The van der Waals surface area contributed by atoms with Crippen molar-refractivity contribution in [1.82, 2.24) is 9.88 Å². The second-order valence-electron chi connectivity index (χ2n) is 6.21.